The minimum atomic E-state index is 0.573. The Morgan fingerprint density at radius 3 is 2.59 bits per heavy atom. The van der Waals surface area contributed by atoms with Gasteiger partial charge < -0.3 is 19.8 Å². The van der Waals surface area contributed by atoms with Crippen molar-refractivity contribution in [2.45, 2.75) is 32.7 Å². The highest BCUT2D eigenvalue weighted by molar-refractivity contribution is 7.11. The number of aryl methyl sites for hydroxylation is 1. The van der Waals surface area contributed by atoms with Crippen LogP contribution in [0.2, 0.25) is 0 Å². The molecule has 154 valence electrons. The fourth-order valence-electron chi connectivity index (χ4n) is 2.78. The molecule has 0 aliphatic carbocycles. The predicted molar refractivity (Wildman–Crippen MR) is 118 cm³/mol. The Morgan fingerprint density at radius 1 is 1.14 bits per heavy atom. The van der Waals surface area contributed by atoms with Crippen molar-refractivity contribution < 1.29 is 9.15 Å². The van der Waals surface area contributed by atoms with Gasteiger partial charge in [0.15, 0.2) is 5.96 Å². The standard InChI is InChI=1S/C22H28N4O2S/c1-3-20-15-25-21(29-20)16-26-22(24-13-11-19-5-4-14-28-19)23-12-10-17-6-8-18(27-2)9-7-17/h4-9,14-15H,3,10-13,16H2,1-2H3,(H2,23,24,26). The van der Waals surface area contributed by atoms with Crippen LogP contribution in [0.1, 0.15) is 28.1 Å². The molecule has 3 aromatic rings. The van der Waals surface area contributed by atoms with E-state index in [4.69, 9.17) is 14.1 Å². The van der Waals surface area contributed by atoms with Crippen LogP contribution in [0.15, 0.2) is 58.3 Å². The van der Waals surface area contributed by atoms with E-state index in [1.807, 2.05) is 30.5 Å². The minimum Gasteiger partial charge on any atom is -0.497 e. The van der Waals surface area contributed by atoms with Gasteiger partial charge in [-0.05, 0) is 42.7 Å². The van der Waals surface area contributed by atoms with E-state index in [1.165, 1.54) is 10.4 Å². The molecule has 29 heavy (non-hydrogen) atoms. The van der Waals surface area contributed by atoms with Crippen molar-refractivity contribution in [2.75, 3.05) is 20.2 Å². The molecule has 6 nitrogen and oxygen atoms in total. The first-order chi connectivity index (χ1) is 14.3. The Balaban J connectivity index is 1.53. The summed E-state index contributed by atoms with van der Waals surface area (Å²) in [5.41, 5.74) is 1.25. The molecule has 0 aliphatic rings. The van der Waals surface area contributed by atoms with Gasteiger partial charge in [0.2, 0.25) is 0 Å². The smallest absolute Gasteiger partial charge is 0.191 e. The second-order valence-corrected chi connectivity index (χ2v) is 7.72. The second kappa shape index (κ2) is 11.3. The zero-order chi connectivity index (χ0) is 20.3. The zero-order valence-corrected chi connectivity index (χ0v) is 17.8. The molecule has 7 heteroatoms. The Labute approximate surface area is 176 Å². The lowest BCUT2D eigenvalue weighted by Gasteiger charge is -2.12. The predicted octanol–water partition coefficient (Wildman–Crippen LogP) is 3.83. The monoisotopic (exact) mass is 412 g/mol. The number of nitrogens with zero attached hydrogens (tertiary/aromatic N) is 2. The van der Waals surface area contributed by atoms with Gasteiger partial charge >= 0.3 is 0 Å². The normalized spacial score (nSPS) is 11.4. The highest BCUT2D eigenvalue weighted by atomic mass is 32.1. The van der Waals surface area contributed by atoms with E-state index < -0.39 is 0 Å². The summed E-state index contributed by atoms with van der Waals surface area (Å²) in [5, 5.41) is 7.84. The number of benzene rings is 1. The maximum atomic E-state index is 5.40. The number of aliphatic imine (C=N–C) groups is 1. The van der Waals surface area contributed by atoms with Crippen LogP contribution in [0.3, 0.4) is 0 Å². The molecule has 3 rings (SSSR count). The molecule has 2 aromatic heterocycles. The first-order valence-corrected chi connectivity index (χ1v) is 10.7. The van der Waals surface area contributed by atoms with Gasteiger partial charge in [-0.2, -0.15) is 0 Å². The van der Waals surface area contributed by atoms with Gasteiger partial charge in [0.05, 0.1) is 19.9 Å². The number of guanidine groups is 1. The summed E-state index contributed by atoms with van der Waals surface area (Å²) in [4.78, 5) is 10.5. The Hall–Kier alpha value is -2.80. The first kappa shape index (κ1) is 20.9. The number of thiazole rings is 1. The first-order valence-electron chi connectivity index (χ1n) is 9.88. The van der Waals surface area contributed by atoms with Crippen LogP contribution in [-0.4, -0.2) is 31.1 Å². The number of hydrogen-bond donors (Lipinski definition) is 2. The van der Waals surface area contributed by atoms with Crippen LogP contribution < -0.4 is 15.4 Å². The third kappa shape index (κ3) is 6.94. The summed E-state index contributed by atoms with van der Waals surface area (Å²) in [6, 6.07) is 12.0. The lowest BCUT2D eigenvalue weighted by atomic mass is 10.1. The van der Waals surface area contributed by atoms with Crippen molar-refractivity contribution in [1.82, 2.24) is 15.6 Å². The lowest BCUT2D eigenvalue weighted by molar-refractivity contribution is 0.414. The van der Waals surface area contributed by atoms with Crippen molar-refractivity contribution >= 4 is 17.3 Å². The van der Waals surface area contributed by atoms with Gasteiger partial charge in [-0.3, -0.25) is 0 Å². The van der Waals surface area contributed by atoms with E-state index in [-0.39, 0.29) is 0 Å². The molecule has 0 bridgehead atoms. The molecule has 0 radical (unpaired) electrons. The SMILES string of the molecule is CCc1cnc(CN=C(NCCc2ccc(OC)cc2)NCCc2ccco2)s1. The highest BCUT2D eigenvalue weighted by Crippen LogP contribution is 2.14. The van der Waals surface area contributed by atoms with Crippen LogP contribution in [0, 0.1) is 0 Å². The van der Waals surface area contributed by atoms with Crippen LogP contribution in [0.25, 0.3) is 0 Å². The van der Waals surface area contributed by atoms with Crippen LogP contribution in [-0.2, 0) is 25.8 Å². The highest BCUT2D eigenvalue weighted by Gasteiger charge is 2.04. The zero-order valence-electron chi connectivity index (χ0n) is 17.0. The molecule has 0 atom stereocenters. The third-order valence-electron chi connectivity index (χ3n) is 4.43. The molecule has 0 saturated heterocycles. The van der Waals surface area contributed by atoms with Gasteiger partial charge in [-0.25, -0.2) is 9.98 Å². The molecular weight excluding hydrogens is 384 g/mol. The van der Waals surface area contributed by atoms with E-state index in [2.05, 4.69) is 34.7 Å². The summed E-state index contributed by atoms with van der Waals surface area (Å²) in [5.74, 6) is 2.62. The maximum absolute atomic E-state index is 5.40. The van der Waals surface area contributed by atoms with Gasteiger partial charge in [0, 0.05) is 30.6 Å². The molecular formula is C22H28N4O2S. The number of ether oxygens (including phenoxy) is 1. The van der Waals surface area contributed by atoms with Crippen LogP contribution in [0.5, 0.6) is 5.75 Å². The summed E-state index contributed by atoms with van der Waals surface area (Å²) < 4.78 is 10.6. The topological polar surface area (TPSA) is 71.7 Å². The fourth-order valence-corrected chi connectivity index (χ4v) is 3.57. The van der Waals surface area contributed by atoms with Crippen LogP contribution >= 0.6 is 11.3 Å². The molecule has 2 N–H and O–H groups in total. The van der Waals surface area contributed by atoms with Gasteiger partial charge in [-0.15, -0.1) is 11.3 Å². The van der Waals surface area contributed by atoms with Crippen molar-refractivity contribution in [3.63, 3.8) is 0 Å². The summed E-state index contributed by atoms with van der Waals surface area (Å²) in [7, 11) is 1.68. The molecule has 0 saturated carbocycles. The summed E-state index contributed by atoms with van der Waals surface area (Å²) >= 11 is 1.72. The van der Waals surface area contributed by atoms with Gasteiger partial charge in [0.25, 0.3) is 0 Å². The maximum Gasteiger partial charge on any atom is 0.191 e. The Morgan fingerprint density at radius 2 is 1.93 bits per heavy atom. The lowest BCUT2D eigenvalue weighted by Crippen LogP contribution is -2.39. The van der Waals surface area contributed by atoms with E-state index in [9.17, 15) is 0 Å². The van der Waals surface area contributed by atoms with E-state index in [0.717, 1.165) is 54.8 Å². The number of nitrogens with one attached hydrogen (secondary N) is 2. The molecule has 0 aliphatic heterocycles. The largest absolute Gasteiger partial charge is 0.497 e. The van der Waals surface area contributed by atoms with E-state index >= 15 is 0 Å². The van der Waals surface area contributed by atoms with Crippen molar-refractivity contribution in [3.05, 3.63) is 70.1 Å². The molecule has 1 aromatic carbocycles. The number of methoxy groups -OCH3 is 1. The van der Waals surface area contributed by atoms with Crippen molar-refractivity contribution in [2.24, 2.45) is 4.99 Å². The summed E-state index contributed by atoms with van der Waals surface area (Å²) in [6.45, 7) is 4.25. The van der Waals surface area contributed by atoms with Gasteiger partial charge in [0.1, 0.15) is 16.5 Å². The molecule has 0 fully saturated rings. The van der Waals surface area contributed by atoms with E-state index in [0.29, 0.717) is 6.54 Å². The number of hydrogen-bond acceptors (Lipinski definition) is 5. The van der Waals surface area contributed by atoms with E-state index in [1.54, 1.807) is 24.7 Å². The molecule has 0 spiro atoms. The number of aromatic nitrogens is 1. The fraction of sp³-hybridized carbons (Fsp3) is 0.364. The number of rotatable bonds is 10. The van der Waals surface area contributed by atoms with Crippen molar-refractivity contribution in [1.29, 1.82) is 0 Å². The quantitative estimate of drug-likeness (QED) is 0.391. The average molecular weight is 413 g/mol. The van der Waals surface area contributed by atoms with Gasteiger partial charge in [-0.1, -0.05) is 19.1 Å². The molecule has 0 unspecified atom stereocenters. The number of furan rings is 1. The van der Waals surface area contributed by atoms with Crippen molar-refractivity contribution in [3.8, 4) is 5.75 Å². The molecule has 0 amide bonds. The Bertz CT molecular complexity index is 873. The average Bonchev–Trinajstić information content (AvgIpc) is 3.44. The van der Waals surface area contributed by atoms with Crippen LogP contribution in [0.4, 0.5) is 0 Å². The third-order valence-corrected chi connectivity index (χ3v) is 5.56. The second-order valence-electron chi connectivity index (χ2n) is 6.52. The Kier molecular flexibility index (Phi) is 8.12. The minimum absolute atomic E-state index is 0.573. The molecule has 2 heterocycles. The summed E-state index contributed by atoms with van der Waals surface area (Å²) in [6.07, 6.45) is 6.36.